The second-order valence-electron chi connectivity index (χ2n) is 5.62. The number of ether oxygens (including phenoxy) is 2. The predicted octanol–water partition coefficient (Wildman–Crippen LogP) is -1.72. The third kappa shape index (κ3) is 2.79. The summed E-state index contributed by atoms with van der Waals surface area (Å²) in [5, 5.41) is 20.3. The predicted molar refractivity (Wildman–Crippen MR) is 79.8 cm³/mol. The summed E-state index contributed by atoms with van der Waals surface area (Å²) in [4.78, 5) is 39.1. The molecule has 24 heavy (non-hydrogen) atoms. The van der Waals surface area contributed by atoms with E-state index in [0.29, 0.717) is 5.56 Å². The summed E-state index contributed by atoms with van der Waals surface area (Å²) in [6.07, 6.45) is -2.94. The van der Waals surface area contributed by atoms with Crippen molar-refractivity contribution in [3.05, 3.63) is 22.2 Å². The number of hydrogen-bond donors (Lipinski definition) is 3. The number of aliphatic hydroxyl groups excluding tert-OH is 1. The second kappa shape index (κ2) is 6.30. The number of esters is 1. The van der Waals surface area contributed by atoms with Gasteiger partial charge in [0.1, 0.15) is 11.9 Å². The number of nitrogens with zero attached hydrogens (tertiary/aromatic N) is 2. The molecule has 0 saturated carbocycles. The fourth-order valence-corrected chi connectivity index (χ4v) is 2.65. The fraction of sp³-hybridized carbons (Fsp3) is 0.571. The molecule has 4 N–H and O–H groups in total. The van der Waals surface area contributed by atoms with Gasteiger partial charge >= 0.3 is 11.7 Å². The molecule has 0 amide bonds. The van der Waals surface area contributed by atoms with Crippen molar-refractivity contribution in [1.82, 2.24) is 9.55 Å². The van der Waals surface area contributed by atoms with Crippen molar-refractivity contribution in [3.63, 3.8) is 0 Å². The summed E-state index contributed by atoms with van der Waals surface area (Å²) in [6, 6.07) is 0. The van der Waals surface area contributed by atoms with Gasteiger partial charge in [0.2, 0.25) is 5.60 Å². The van der Waals surface area contributed by atoms with Crippen molar-refractivity contribution < 1.29 is 29.3 Å². The highest BCUT2D eigenvalue weighted by Crippen LogP contribution is 2.40. The van der Waals surface area contributed by atoms with E-state index in [-0.39, 0.29) is 5.82 Å². The Morgan fingerprint density at radius 1 is 1.50 bits per heavy atom. The number of Topliss-reactive ketones (excluding diaryl/α,β-unsaturated/α-hetero) is 1. The van der Waals surface area contributed by atoms with Gasteiger partial charge in [-0.2, -0.15) is 4.98 Å². The van der Waals surface area contributed by atoms with Crippen molar-refractivity contribution in [2.24, 2.45) is 0 Å². The monoisotopic (exact) mass is 341 g/mol. The van der Waals surface area contributed by atoms with Gasteiger partial charge in [0.05, 0.1) is 6.61 Å². The first-order chi connectivity index (χ1) is 11.1. The Hall–Kier alpha value is -2.30. The zero-order valence-electron chi connectivity index (χ0n) is 13.4. The minimum atomic E-state index is -2.37. The molecule has 2 rings (SSSR count). The number of nitrogen functional groups attached to an aromatic ring is 1. The molecule has 4 atom stereocenters. The van der Waals surface area contributed by atoms with Gasteiger partial charge in [-0.25, -0.2) is 4.79 Å². The smallest absolute Gasteiger partial charge is 0.351 e. The molecule has 10 nitrogen and oxygen atoms in total. The van der Waals surface area contributed by atoms with Crippen LogP contribution < -0.4 is 11.4 Å². The van der Waals surface area contributed by atoms with Crippen LogP contribution >= 0.6 is 0 Å². The van der Waals surface area contributed by atoms with Gasteiger partial charge in [-0.1, -0.05) is 0 Å². The number of aromatic nitrogens is 2. The van der Waals surface area contributed by atoms with Gasteiger partial charge in [-0.3, -0.25) is 14.2 Å². The van der Waals surface area contributed by atoms with Crippen LogP contribution in [-0.4, -0.2) is 55.9 Å². The van der Waals surface area contributed by atoms with Crippen LogP contribution in [0.2, 0.25) is 0 Å². The largest absolute Gasteiger partial charge is 0.456 e. The maximum absolute atomic E-state index is 12.1. The Balaban J connectivity index is 2.61. The highest BCUT2D eigenvalue weighted by molar-refractivity contribution is 5.87. The number of aliphatic hydroxyl groups is 2. The first kappa shape index (κ1) is 18.0. The molecule has 1 fully saturated rings. The maximum Gasteiger partial charge on any atom is 0.351 e. The highest BCUT2D eigenvalue weighted by atomic mass is 16.6. The average Bonchev–Trinajstić information content (AvgIpc) is 2.77. The number of ketones is 1. The van der Waals surface area contributed by atoms with E-state index in [2.05, 4.69) is 4.98 Å². The van der Waals surface area contributed by atoms with Crippen LogP contribution in [-0.2, 0) is 19.1 Å². The zero-order chi connectivity index (χ0) is 18.2. The Bertz CT molecular complexity index is 732. The Morgan fingerprint density at radius 2 is 2.12 bits per heavy atom. The molecule has 1 aliphatic rings. The molecule has 1 saturated heterocycles. The van der Waals surface area contributed by atoms with Crippen LogP contribution in [0.25, 0.3) is 0 Å². The molecule has 132 valence electrons. The Kier molecular flexibility index (Phi) is 4.74. The Morgan fingerprint density at radius 3 is 2.62 bits per heavy atom. The van der Waals surface area contributed by atoms with E-state index in [9.17, 15) is 24.6 Å². The van der Waals surface area contributed by atoms with Gasteiger partial charge in [-0.05, 0) is 13.8 Å². The van der Waals surface area contributed by atoms with E-state index < -0.39 is 48.1 Å². The van der Waals surface area contributed by atoms with Crippen molar-refractivity contribution in [3.8, 4) is 0 Å². The standard InChI is InChI=1S/C14H19N3O7/c1-6-4-17(13(21)16-11(6)15)12-14(22,7(2)19)10(23-8(3)20)9(5-18)24-12/h4,9-10,12,18,22H,5H2,1-3H3,(H2,15,16,21)/t9-,10-,12-,14-/m1/s1. The van der Waals surface area contributed by atoms with E-state index in [1.54, 1.807) is 6.92 Å². The van der Waals surface area contributed by atoms with Crippen LogP contribution in [0.3, 0.4) is 0 Å². The number of anilines is 1. The average molecular weight is 341 g/mol. The molecule has 0 aromatic carbocycles. The van der Waals surface area contributed by atoms with Crippen LogP contribution in [0.5, 0.6) is 0 Å². The van der Waals surface area contributed by atoms with Crippen molar-refractivity contribution >= 4 is 17.6 Å². The van der Waals surface area contributed by atoms with Crippen molar-refractivity contribution in [1.29, 1.82) is 0 Å². The molecule has 1 aromatic heterocycles. The van der Waals surface area contributed by atoms with E-state index in [4.69, 9.17) is 15.2 Å². The summed E-state index contributed by atoms with van der Waals surface area (Å²) in [7, 11) is 0. The van der Waals surface area contributed by atoms with Crippen LogP contribution in [0.4, 0.5) is 5.82 Å². The third-order valence-corrected chi connectivity index (χ3v) is 3.91. The molecule has 2 heterocycles. The maximum atomic E-state index is 12.1. The molecular weight excluding hydrogens is 322 g/mol. The van der Waals surface area contributed by atoms with Crippen LogP contribution in [0.15, 0.2) is 11.0 Å². The summed E-state index contributed by atoms with van der Waals surface area (Å²) >= 11 is 0. The lowest BCUT2D eigenvalue weighted by Crippen LogP contribution is -2.55. The van der Waals surface area contributed by atoms with Gasteiger partial charge < -0.3 is 25.4 Å². The molecule has 0 spiro atoms. The number of carbonyl (C=O) groups is 2. The number of aryl methyl sites for hydroxylation is 1. The van der Waals surface area contributed by atoms with E-state index >= 15 is 0 Å². The molecule has 0 bridgehead atoms. The lowest BCUT2D eigenvalue weighted by Gasteiger charge is -2.31. The van der Waals surface area contributed by atoms with Gasteiger partial charge in [-0.15, -0.1) is 0 Å². The summed E-state index contributed by atoms with van der Waals surface area (Å²) in [6.45, 7) is 3.09. The van der Waals surface area contributed by atoms with E-state index in [1.807, 2.05) is 0 Å². The third-order valence-electron chi connectivity index (χ3n) is 3.91. The second-order valence-corrected chi connectivity index (χ2v) is 5.62. The lowest BCUT2D eigenvalue weighted by atomic mass is 9.89. The van der Waals surface area contributed by atoms with Gasteiger partial charge in [0, 0.05) is 18.7 Å². The number of hydrogen-bond acceptors (Lipinski definition) is 9. The first-order valence-electron chi connectivity index (χ1n) is 7.15. The molecule has 0 aliphatic carbocycles. The molecular formula is C14H19N3O7. The van der Waals surface area contributed by atoms with Crippen LogP contribution in [0, 0.1) is 6.92 Å². The SMILES string of the molecule is CC(=O)O[C@@H]1[C@@H](CO)O[C@@H](n2cc(C)c(N)nc2=O)[C@@]1(O)C(C)=O. The van der Waals surface area contributed by atoms with Gasteiger partial charge in [0.15, 0.2) is 18.1 Å². The molecule has 1 aromatic rings. The zero-order valence-corrected chi connectivity index (χ0v) is 13.4. The van der Waals surface area contributed by atoms with Gasteiger partial charge in [0.25, 0.3) is 0 Å². The highest BCUT2D eigenvalue weighted by Gasteiger charge is 2.62. The van der Waals surface area contributed by atoms with E-state index in [1.165, 1.54) is 6.20 Å². The minimum absolute atomic E-state index is 0.00384. The quantitative estimate of drug-likeness (QED) is 0.542. The summed E-state index contributed by atoms with van der Waals surface area (Å²) < 4.78 is 11.3. The minimum Gasteiger partial charge on any atom is -0.456 e. The molecule has 0 radical (unpaired) electrons. The number of nitrogens with two attached hydrogens (primary N) is 1. The summed E-state index contributed by atoms with van der Waals surface area (Å²) in [5.74, 6) is -1.58. The fourth-order valence-electron chi connectivity index (χ4n) is 2.65. The van der Waals surface area contributed by atoms with Crippen molar-refractivity contribution in [2.45, 2.75) is 44.8 Å². The Labute approximate surface area is 136 Å². The normalized spacial score (nSPS) is 29.5. The molecule has 1 aliphatic heterocycles. The van der Waals surface area contributed by atoms with E-state index in [0.717, 1.165) is 18.4 Å². The lowest BCUT2D eigenvalue weighted by molar-refractivity contribution is -0.170. The summed E-state index contributed by atoms with van der Waals surface area (Å²) in [5.41, 5.74) is 2.75. The van der Waals surface area contributed by atoms with Crippen LogP contribution in [0.1, 0.15) is 25.6 Å². The first-order valence-corrected chi connectivity index (χ1v) is 7.15. The molecule has 10 heteroatoms. The topological polar surface area (TPSA) is 154 Å². The number of carbonyl (C=O) groups excluding carboxylic acids is 2. The van der Waals surface area contributed by atoms with Crippen molar-refractivity contribution in [2.75, 3.05) is 12.3 Å². The molecule has 0 unspecified atom stereocenters. The number of rotatable bonds is 4.